The molecule has 0 fully saturated rings. The summed E-state index contributed by atoms with van der Waals surface area (Å²) in [5.41, 5.74) is 6.07. The zero-order valence-corrected chi connectivity index (χ0v) is 16.6. The zero-order valence-electron chi connectivity index (χ0n) is 16.6. The Balaban J connectivity index is 1.59. The fourth-order valence-corrected chi connectivity index (χ4v) is 3.26. The summed E-state index contributed by atoms with van der Waals surface area (Å²) < 4.78 is 0. The summed E-state index contributed by atoms with van der Waals surface area (Å²) in [6.07, 6.45) is 3.42. The van der Waals surface area contributed by atoms with Crippen molar-refractivity contribution in [1.82, 2.24) is 15.3 Å². The Labute approximate surface area is 166 Å². The molecule has 0 radical (unpaired) electrons. The van der Waals surface area contributed by atoms with Crippen LogP contribution in [-0.4, -0.2) is 22.4 Å². The lowest BCUT2D eigenvalue weighted by Crippen LogP contribution is -2.26. The second kappa shape index (κ2) is 9.13. The summed E-state index contributed by atoms with van der Waals surface area (Å²) in [5, 5.41) is 6.18. The number of nitrogens with zero attached hydrogens (tertiary/aromatic N) is 2. The van der Waals surface area contributed by atoms with Gasteiger partial charge in [-0.2, -0.15) is 0 Å². The van der Waals surface area contributed by atoms with Crippen molar-refractivity contribution < 1.29 is 4.79 Å². The highest BCUT2D eigenvalue weighted by Crippen LogP contribution is 2.24. The number of anilines is 2. The molecule has 0 spiro atoms. The van der Waals surface area contributed by atoms with Crippen molar-refractivity contribution in [2.45, 2.75) is 33.6 Å². The van der Waals surface area contributed by atoms with Gasteiger partial charge in [0.15, 0.2) is 0 Å². The van der Waals surface area contributed by atoms with Gasteiger partial charge in [-0.3, -0.25) is 4.79 Å². The van der Waals surface area contributed by atoms with Crippen LogP contribution in [-0.2, 0) is 6.42 Å². The second-order valence-corrected chi connectivity index (χ2v) is 7.01. The van der Waals surface area contributed by atoms with Gasteiger partial charge in [0.1, 0.15) is 5.69 Å². The van der Waals surface area contributed by atoms with E-state index in [2.05, 4.69) is 51.8 Å². The molecule has 2 aromatic carbocycles. The van der Waals surface area contributed by atoms with Crippen molar-refractivity contribution in [2.75, 3.05) is 11.9 Å². The van der Waals surface area contributed by atoms with E-state index in [9.17, 15) is 4.79 Å². The summed E-state index contributed by atoms with van der Waals surface area (Å²) in [4.78, 5) is 21.0. The van der Waals surface area contributed by atoms with Crippen LogP contribution < -0.4 is 10.6 Å². The van der Waals surface area contributed by atoms with Gasteiger partial charge in [-0.25, -0.2) is 9.97 Å². The largest absolute Gasteiger partial charge is 0.351 e. The summed E-state index contributed by atoms with van der Waals surface area (Å²) in [6.45, 7) is 6.77. The van der Waals surface area contributed by atoms with Crippen molar-refractivity contribution in [3.8, 4) is 0 Å². The molecular weight excluding hydrogens is 348 g/mol. The number of aryl methyl sites for hydroxylation is 4. The van der Waals surface area contributed by atoms with Crippen molar-refractivity contribution in [3.63, 3.8) is 0 Å². The molecule has 2 N–H and O–H groups in total. The molecule has 0 unspecified atom stereocenters. The molecule has 0 aliphatic carbocycles. The van der Waals surface area contributed by atoms with Crippen LogP contribution in [0.2, 0.25) is 0 Å². The summed E-state index contributed by atoms with van der Waals surface area (Å²) in [6, 6.07) is 16.1. The first-order valence-corrected chi connectivity index (χ1v) is 9.53. The fraction of sp³-hybridized carbons (Fsp3) is 0.261. The number of carbonyl (C=O) groups excluding carboxylic acids is 1. The summed E-state index contributed by atoms with van der Waals surface area (Å²) in [7, 11) is 0. The Hall–Kier alpha value is -3.21. The van der Waals surface area contributed by atoms with E-state index in [1.54, 1.807) is 12.3 Å². The molecule has 28 heavy (non-hydrogen) atoms. The van der Waals surface area contributed by atoms with E-state index in [1.807, 2.05) is 32.0 Å². The van der Waals surface area contributed by atoms with Crippen molar-refractivity contribution in [1.29, 1.82) is 0 Å². The molecule has 5 nitrogen and oxygen atoms in total. The van der Waals surface area contributed by atoms with Crippen molar-refractivity contribution in [3.05, 3.63) is 82.7 Å². The predicted octanol–water partition coefficient (Wildman–Crippen LogP) is 4.51. The molecular formula is C23H26N4O. The van der Waals surface area contributed by atoms with Gasteiger partial charge in [0, 0.05) is 18.4 Å². The van der Waals surface area contributed by atoms with Gasteiger partial charge in [0.05, 0.1) is 0 Å². The van der Waals surface area contributed by atoms with Crippen LogP contribution >= 0.6 is 0 Å². The Kier molecular flexibility index (Phi) is 6.37. The highest BCUT2D eigenvalue weighted by Gasteiger charge is 2.10. The third-order valence-electron chi connectivity index (χ3n) is 4.57. The number of benzene rings is 2. The van der Waals surface area contributed by atoms with Crippen molar-refractivity contribution in [2.24, 2.45) is 0 Å². The average molecular weight is 374 g/mol. The molecule has 0 atom stereocenters. The van der Waals surface area contributed by atoms with Crippen molar-refractivity contribution >= 4 is 17.5 Å². The highest BCUT2D eigenvalue weighted by atomic mass is 16.1. The number of carbonyl (C=O) groups is 1. The van der Waals surface area contributed by atoms with Gasteiger partial charge >= 0.3 is 0 Å². The lowest BCUT2D eigenvalue weighted by atomic mass is 10.1. The molecule has 1 aromatic heterocycles. The van der Waals surface area contributed by atoms with Crippen LogP contribution in [0.15, 0.2) is 54.7 Å². The number of aromatic nitrogens is 2. The second-order valence-electron chi connectivity index (χ2n) is 7.01. The van der Waals surface area contributed by atoms with Crippen LogP contribution in [0.4, 0.5) is 11.6 Å². The number of nitrogens with one attached hydrogen (secondary N) is 2. The Bertz CT molecular complexity index is 931. The first-order chi connectivity index (χ1) is 13.5. The molecule has 144 valence electrons. The normalized spacial score (nSPS) is 10.5. The number of rotatable bonds is 7. The molecule has 0 bridgehead atoms. The molecule has 5 heteroatoms. The van der Waals surface area contributed by atoms with Crippen LogP contribution in [0.3, 0.4) is 0 Å². The summed E-state index contributed by atoms with van der Waals surface area (Å²) in [5.74, 6) is 0.239. The molecule has 1 amide bonds. The average Bonchev–Trinajstić information content (AvgIpc) is 2.69. The van der Waals surface area contributed by atoms with Gasteiger partial charge in [-0.15, -0.1) is 0 Å². The molecule has 0 aliphatic rings. The minimum atomic E-state index is -0.184. The Morgan fingerprint density at radius 3 is 2.43 bits per heavy atom. The van der Waals surface area contributed by atoms with Gasteiger partial charge in [0.2, 0.25) is 5.95 Å². The van der Waals surface area contributed by atoms with Gasteiger partial charge < -0.3 is 10.6 Å². The molecule has 3 aromatic rings. The van der Waals surface area contributed by atoms with E-state index in [0.717, 1.165) is 29.7 Å². The van der Waals surface area contributed by atoms with Crippen LogP contribution in [0.1, 0.15) is 39.2 Å². The maximum atomic E-state index is 12.4. The first-order valence-electron chi connectivity index (χ1n) is 9.53. The first kappa shape index (κ1) is 19.5. The lowest BCUT2D eigenvalue weighted by Gasteiger charge is -2.13. The van der Waals surface area contributed by atoms with E-state index in [4.69, 9.17) is 0 Å². The molecule has 0 aliphatic heterocycles. The zero-order chi connectivity index (χ0) is 19.9. The predicted molar refractivity (Wildman–Crippen MR) is 113 cm³/mol. The number of hydrogen-bond acceptors (Lipinski definition) is 4. The Morgan fingerprint density at radius 2 is 1.71 bits per heavy atom. The molecule has 0 saturated carbocycles. The maximum Gasteiger partial charge on any atom is 0.270 e. The SMILES string of the molecule is Cc1cc(C)c(Nc2nccc(C(=O)NCCCc3ccccc3)n2)c(C)c1. The number of hydrogen-bond donors (Lipinski definition) is 2. The van der Waals surface area contributed by atoms with E-state index in [1.165, 1.54) is 11.1 Å². The van der Waals surface area contributed by atoms with E-state index in [0.29, 0.717) is 18.2 Å². The Morgan fingerprint density at radius 1 is 1.00 bits per heavy atom. The molecule has 3 rings (SSSR count). The molecule has 0 saturated heterocycles. The minimum Gasteiger partial charge on any atom is -0.351 e. The molecule has 1 heterocycles. The van der Waals surface area contributed by atoms with Gasteiger partial charge in [-0.05, 0) is 56.4 Å². The lowest BCUT2D eigenvalue weighted by molar-refractivity contribution is 0.0948. The van der Waals surface area contributed by atoms with Crippen LogP contribution in [0.5, 0.6) is 0 Å². The van der Waals surface area contributed by atoms with Crippen LogP contribution in [0.25, 0.3) is 0 Å². The quantitative estimate of drug-likeness (QED) is 0.597. The standard InChI is InChI=1S/C23H26N4O/c1-16-14-17(2)21(18(3)15-16)27-23-25-13-11-20(26-23)22(28)24-12-7-10-19-8-5-4-6-9-19/h4-6,8-9,11,13-15H,7,10,12H2,1-3H3,(H,24,28)(H,25,26,27). The summed E-state index contributed by atoms with van der Waals surface area (Å²) >= 11 is 0. The minimum absolute atomic E-state index is 0.184. The van der Waals surface area contributed by atoms with E-state index >= 15 is 0 Å². The fourth-order valence-electron chi connectivity index (χ4n) is 3.26. The smallest absolute Gasteiger partial charge is 0.270 e. The van der Waals surface area contributed by atoms with E-state index < -0.39 is 0 Å². The van der Waals surface area contributed by atoms with Gasteiger partial charge in [0.25, 0.3) is 5.91 Å². The van der Waals surface area contributed by atoms with Crippen LogP contribution in [0, 0.1) is 20.8 Å². The maximum absolute atomic E-state index is 12.4. The van der Waals surface area contributed by atoms with Gasteiger partial charge in [-0.1, -0.05) is 48.0 Å². The monoisotopic (exact) mass is 374 g/mol. The third-order valence-corrected chi connectivity index (χ3v) is 4.57. The topological polar surface area (TPSA) is 66.9 Å². The van der Waals surface area contributed by atoms with E-state index in [-0.39, 0.29) is 5.91 Å². The number of amides is 1. The third kappa shape index (κ3) is 5.16. The highest BCUT2D eigenvalue weighted by molar-refractivity contribution is 5.92.